The Bertz CT molecular complexity index is 414. The molecule has 1 aromatic rings. The van der Waals surface area contributed by atoms with E-state index in [2.05, 4.69) is 27.2 Å². The van der Waals surface area contributed by atoms with Crippen molar-refractivity contribution in [2.24, 2.45) is 0 Å². The van der Waals surface area contributed by atoms with Crippen molar-refractivity contribution in [3.63, 3.8) is 0 Å². The van der Waals surface area contributed by atoms with Gasteiger partial charge in [-0.3, -0.25) is 4.98 Å². The molecule has 0 aromatic carbocycles. The maximum Gasteiger partial charge on any atom is 0.148 e. The van der Waals surface area contributed by atoms with E-state index in [-0.39, 0.29) is 0 Å². The first-order chi connectivity index (χ1) is 9.33. The Balaban J connectivity index is 1.76. The molecule has 19 heavy (non-hydrogen) atoms. The summed E-state index contributed by atoms with van der Waals surface area (Å²) in [6.45, 7) is 2.32. The van der Waals surface area contributed by atoms with Crippen molar-refractivity contribution in [1.82, 2.24) is 14.9 Å². The molecular formula is C15H24N4. The highest BCUT2D eigenvalue weighted by Gasteiger charge is 2.24. The number of likely N-dealkylation sites (N-methyl/N-ethyl adjacent to an activating group) is 1. The van der Waals surface area contributed by atoms with Gasteiger partial charge in [0, 0.05) is 30.9 Å². The number of hydrogen-bond donors (Lipinski definition) is 1. The molecule has 3 rings (SSSR count). The first kappa shape index (κ1) is 12.9. The van der Waals surface area contributed by atoms with Crippen LogP contribution in [0.5, 0.6) is 0 Å². The van der Waals surface area contributed by atoms with E-state index in [1.807, 2.05) is 12.4 Å². The van der Waals surface area contributed by atoms with Crippen LogP contribution in [0.4, 0.5) is 5.82 Å². The molecule has 1 saturated heterocycles. The molecule has 0 amide bonds. The minimum Gasteiger partial charge on any atom is -0.366 e. The fourth-order valence-electron chi connectivity index (χ4n) is 3.41. The molecule has 2 heterocycles. The summed E-state index contributed by atoms with van der Waals surface area (Å²) in [4.78, 5) is 11.6. The molecule has 4 nitrogen and oxygen atoms in total. The molecule has 0 radical (unpaired) electrons. The van der Waals surface area contributed by atoms with Crippen LogP contribution in [0.1, 0.15) is 50.1 Å². The van der Waals surface area contributed by atoms with E-state index in [4.69, 9.17) is 0 Å². The predicted molar refractivity (Wildman–Crippen MR) is 77.4 cm³/mol. The summed E-state index contributed by atoms with van der Waals surface area (Å²) in [7, 11) is 2.20. The Labute approximate surface area is 115 Å². The number of likely N-dealkylation sites (tertiary alicyclic amines) is 1. The Morgan fingerprint density at radius 3 is 2.68 bits per heavy atom. The molecule has 1 aliphatic carbocycles. The Morgan fingerprint density at radius 1 is 1.11 bits per heavy atom. The zero-order valence-corrected chi connectivity index (χ0v) is 11.8. The van der Waals surface area contributed by atoms with Gasteiger partial charge in [0.15, 0.2) is 0 Å². The highest BCUT2D eigenvalue weighted by Crippen LogP contribution is 2.30. The molecule has 0 spiro atoms. The van der Waals surface area contributed by atoms with Crippen LogP contribution in [0.15, 0.2) is 12.4 Å². The largest absolute Gasteiger partial charge is 0.366 e. The van der Waals surface area contributed by atoms with Gasteiger partial charge < -0.3 is 10.2 Å². The number of hydrogen-bond acceptors (Lipinski definition) is 4. The third-order valence-electron chi connectivity index (χ3n) is 4.43. The number of anilines is 1. The summed E-state index contributed by atoms with van der Waals surface area (Å²) in [6, 6.07) is 0.608. The van der Waals surface area contributed by atoms with Crippen LogP contribution in [0.3, 0.4) is 0 Å². The quantitative estimate of drug-likeness (QED) is 0.907. The molecular weight excluding hydrogens is 236 g/mol. The number of nitrogens with one attached hydrogen (secondary N) is 1. The van der Waals surface area contributed by atoms with E-state index in [1.165, 1.54) is 50.8 Å². The van der Waals surface area contributed by atoms with Gasteiger partial charge in [0.2, 0.25) is 0 Å². The molecule has 1 saturated carbocycles. The molecule has 0 unspecified atom stereocenters. The van der Waals surface area contributed by atoms with Crippen LogP contribution in [-0.4, -0.2) is 41.0 Å². The lowest BCUT2D eigenvalue weighted by Gasteiger charge is -2.30. The molecule has 1 atom stereocenters. The van der Waals surface area contributed by atoms with E-state index in [0.717, 1.165) is 12.4 Å². The fraction of sp³-hybridized carbons (Fsp3) is 0.733. The third kappa shape index (κ3) is 3.06. The van der Waals surface area contributed by atoms with Crippen molar-refractivity contribution < 1.29 is 0 Å². The second-order valence-corrected chi connectivity index (χ2v) is 6.02. The third-order valence-corrected chi connectivity index (χ3v) is 4.43. The minimum absolute atomic E-state index is 0.538. The highest BCUT2D eigenvalue weighted by molar-refractivity contribution is 5.43. The van der Waals surface area contributed by atoms with Crippen molar-refractivity contribution in [3.05, 3.63) is 18.1 Å². The summed E-state index contributed by atoms with van der Waals surface area (Å²) in [5.41, 5.74) is 1.18. The lowest BCUT2D eigenvalue weighted by atomic mass is 9.94. The van der Waals surface area contributed by atoms with Gasteiger partial charge in [0.25, 0.3) is 0 Å². The standard InChI is InChI=1S/C15H24N4/c1-19-10-4-5-12(11-19)14-15(17-9-8-16-14)18-13-6-2-3-7-13/h8-9,12-13H,2-7,10-11H2,1H3,(H,17,18)/t12-/m1/s1. The lowest BCUT2D eigenvalue weighted by Crippen LogP contribution is -2.32. The SMILES string of the molecule is CN1CCC[C@@H](c2nccnc2NC2CCCC2)C1. The second-order valence-electron chi connectivity index (χ2n) is 6.02. The van der Waals surface area contributed by atoms with Gasteiger partial charge in [-0.05, 0) is 39.3 Å². The minimum atomic E-state index is 0.538. The summed E-state index contributed by atoms with van der Waals surface area (Å²) in [6.07, 6.45) is 11.4. The average molecular weight is 260 g/mol. The molecule has 4 heteroatoms. The van der Waals surface area contributed by atoms with Gasteiger partial charge >= 0.3 is 0 Å². The van der Waals surface area contributed by atoms with Crippen LogP contribution in [0.2, 0.25) is 0 Å². The van der Waals surface area contributed by atoms with Crippen molar-refractivity contribution in [3.8, 4) is 0 Å². The Morgan fingerprint density at radius 2 is 1.89 bits per heavy atom. The topological polar surface area (TPSA) is 41.1 Å². The monoisotopic (exact) mass is 260 g/mol. The molecule has 1 aliphatic heterocycles. The Hall–Kier alpha value is -1.16. The lowest BCUT2D eigenvalue weighted by molar-refractivity contribution is 0.248. The number of piperidine rings is 1. The van der Waals surface area contributed by atoms with Gasteiger partial charge in [-0.15, -0.1) is 0 Å². The van der Waals surface area contributed by atoms with Crippen molar-refractivity contribution >= 4 is 5.82 Å². The first-order valence-electron chi connectivity index (χ1n) is 7.59. The van der Waals surface area contributed by atoms with Gasteiger partial charge in [0.05, 0.1) is 5.69 Å². The van der Waals surface area contributed by atoms with Crippen LogP contribution in [0.25, 0.3) is 0 Å². The van der Waals surface area contributed by atoms with Crippen LogP contribution < -0.4 is 5.32 Å². The fourth-order valence-corrected chi connectivity index (χ4v) is 3.41. The van der Waals surface area contributed by atoms with E-state index in [1.54, 1.807) is 0 Å². The molecule has 2 aliphatic rings. The maximum atomic E-state index is 4.63. The van der Waals surface area contributed by atoms with E-state index in [9.17, 15) is 0 Å². The first-order valence-corrected chi connectivity index (χ1v) is 7.59. The second kappa shape index (κ2) is 5.87. The van der Waals surface area contributed by atoms with Crippen LogP contribution in [0, 0.1) is 0 Å². The van der Waals surface area contributed by atoms with E-state index >= 15 is 0 Å². The summed E-state index contributed by atoms with van der Waals surface area (Å²) in [5.74, 6) is 1.58. The molecule has 1 N–H and O–H groups in total. The smallest absolute Gasteiger partial charge is 0.148 e. The molecule has 104 valence electrons. The van der Waals surface area contributed by atoms with Crippen LogP contribution >= 0.6 is 0 Å². The maximum absolute atomic E-state index is 4.63. The Kier molecular flexibility index (Phi) is 3.97. The molecule has 0 bridgehead atoms. The van der Waals surface area contributed by atoms with Crippen molar-refractivity contribution in [2.75, 3.05) is 25.5 Å². The number of rotatable bonds is 3. The zero-order valence-electron chi connectivity index (χ0n) is 11.8. The van der Waals surface area contributed by atoms with Crippen molar-refractivity contribution in [1.29, 1.82) is 0 Å². The summed E-state index contributed by atoms with van der Waals surface area (Å²) >= 11 is 0. The summed E-state index contributed by atoms with van der Waals surface area (Å²) in [5, 5.41) is 3.63. The zero-order chi connectivity index (χ0) is 13.1. The highest BCUT2D eigenvalue weighted by atomic mass is 15.1. The molecule has 1 aromatic heterocycles. The van der Waals surface area contributed by atoms with Gasteiger partial charge in [0.1, 0.15) is 5.82 Å². The van der Waals surface area contributed by atoms with Crippen molar-refractivity contribution in [2.45, 2.75) is 50.5 Å². The normalized spacial score (nSPS) is 25.6. The predicted octanol–water partition coefficient (Wildman–Crippen LogP) is 2.64. The van der Waals surface area contributed by atoms with E-state index in [0.29, 0.717) is 12.0 Å². The molecule has 2 fully saturated rings. The number of nitrogens with zero attached hydrogens (tertiary/aromatic N) is 3. The summed E-state index contributed by atoms with van der Waals surface area (Å²) < 4.78 is 0. The van der Waals surface area contributed by atoms with Crippen LogP contribution in [-0.2, 0) is 0 Å². The van der Waals surface area contributed by atoms with Gasteiger partial charge in [-0.1, -0.05) is 12.8 Å². The van der Waals surface area contributed by atoms with Gasteiger partial charge in [-0.25, -0.2) is 4.98 Å². The number of aromatic nitrogens is 2. The average Bonchev–Trinajstić information content (AvgIpc) is 2.92. The van der Waals surface area contributed by atoms with E-state index < -0.39 is 0 Å². The van der Waals surface area contributed by atoms with Gasteiger partial charge in [-0.2, -0.15) is 0 Å².